The third kappa shape index (κ3) is 4.60. The largest absolute Gasteiger partial charge is 0.361 e. The SMILES string of the molecule is CN=C(NCCc1c[nH]c2ccc(Cl)cc12)N1CCC(N2CC=CC2)C1.I. The number of benzene rings is 1. The topological polar surface area (TPSA) is 46.7 Å². The lowest BCUT2D eigenvalue weighted by Crippen LogP contribution is -2.43. The lowest BCUT2D eigenvalue weighted by atomic mass is 10.1. The van der Waals surface area contributed by atoms with Crippen LogP contribution in [0.2, 0.25) is 5.02 Å². The van der Waals surface area contributed by atoms with E-state index in [9.17, 15) is 0 Å². The Labute approximate surface area is 182 Å². The van der Waals surface area contributed by atoms with E-state index in [0.717, 1.165) is 55.6 Å². The van der Waals surface area contributed by atoms with Crippen LogP contribution in [0.15, 0.2) is 41.5 Å². The summed E-state index contributed by atoms with van der Waals surface area (Å²) in [6.45, 7) is 5.17. The van der Waals surface area contributed by atoms with Crippen LogP contribution >= 0.6 is 35.6 Å². The van der Waals surface area contributed by atoms with Crippen molar-refractivity contribution in [3.63, 3.8) is 0 Å². The Hall–Kier alpha value is -1.25. The van der Waals surface area contributed by atoms with Gasteiger partial charge in [-0.3, -0.25) is 9.89 Å². The number of halogens is 2. The van der Waals surface area contributed by atoms with Crippen molar-refractivity contribution in [3.8, 4) is 0 Å². The summed E-state index contributed by atoms with van der Waals surface area (Å²) in [7, 11) is 1.87. The summed E-state index contributed by atoms with van der Waals surface area (Å²) in [6, 6.07) is 6.63. The number of aromatic amines is 1. The monoisotopic (exact) mass is 499 g/mol. The number of nitrogens with zero attached hydrogens (tertiary/aromatic N) is 3. The van der Waals surface area contributed by atoms with E-state index in [0.29, 0.717) is 6.04 Å². The average Bonchev–Trinajstić information content (AvgIpc) is 3.39. The molecule has 2 N–H and O–H groups in total. The smallest absolute Gasteiger partial charge is 0.193 e. The maximum Gasteiger partial charge on any atom is 0.193 e. The zero-order valence-corrected chi connectivity index (χ0v) is 18.7. The summed E-state index contributed by atoms with van der Waals surface area (Å²) in [5, 5.41) is 5.52. The molecule has 146 valence electrons. The highest BCUT2D eigenvalue weighted by atomic mass is 127. The third-order valence-corrected chi connectivity index (χ3v) is 5.68. The molecule has 0 saturated carbocycles. The maximum atomic E-state index is 6.14. The van der Waals surface area contributed by atoms with E-state index in [1.165, 1.54) is 17.4 Å². The van der Waals surface area contributed by atoms with E-state index >= 15 is 0 Å². The van der Waals surface area contributed by atoms with Crippen LogP contribution in [-0.2, 0) is 6.42 Å². The van der Waals surface area contributed by atoms with E-state index in [-0.39, 0.29) is 24.0 Å². The molecule has 0 aliphatic carbocycles. The van der Waals surface area contributed by atoms with Gasteiger partial charge in [-0.25, -0.2) is 0 Å². The van der Waals surface area contributed by atoms with Gasteiger partial charge in [0.1, 0.15) is 0 Å². The number of hydrogen-bond acceptors (Lipinski definition) is 2. The lowest BCUT2D eigenvalue weighted by Gasteiger charge is -2.25. The van der Waals surface area contributed by atoms with Crippen LogP contribution < -0.4 is 5.32 Å². The Kier molecular flexibility index (Phi) is 7.05. The fourth-order valence-corrected chi connectivity index (χ4v) is 4.20. The summed E-state index contributed by atoms with van der Waals surface area (Å²) >= 11 is 6.14. The second kappa shape index (κ2) is 9.30. The normalized spacial score (nSPS) is 20.4. The van der Waals surface area contributed by atoms with Gasteiger partial charge in [-0.15, -0.1) is 24.0 Å². The van der Waals surface area contributed by atoms with E-state index in [1.54, 1.807) is 0 Å². The van der Waals surface area contributed by atoms with E-state index in [2.05, 4.69) is 43.4 Å². The van der Waals surface area contributed by atoms with Crippen molar-refractivity contribution >= 4 is 52.4 Å². The van der Waals surface area contributed by atoms with Gasteiger partial charge in [0.25, 0.3) is 0 Å². The molecule has 0 bridgehead atoms. The summed E-state index contributed by atoms with van der Waals surface area (Å²) in [4.78, 5) is 12.7. The maximum absolute atomic E-state index is 6.14. The van der Waals surface area contributed by atoms with Crippen molar-refractivity contribution < 1.29 is 0 Å². The molecule has 1 aromatic heterocycles. The summed E-state index contributed by atoms with van der Waals surface area (Å²) in [6.07, 6.45) is 8.76. The van der Waals surface area contributed by atoms with Crippen LogP contribution in [0.5, 0.6) is 0 Å². The summed E-state index contributed by atoms with van der Waals surface area (Å²) in [5.74, 6) is 1.01. The minimum Gasteiger partial charge on any atom is -0.361 e. The molecule has 0 radical (unpaired) electrons. The first kappa shape index (κ1) is 20.5. The van der Waals surface area contributed by atoms with Gasteiger partial charge >= 0.3 is 0 Å². The molecule has 2 aromatic rings. The van der Waals surface area contributed by atoms with Gasteiger partial charge in [0.15, 0.2) is 5.96 Å². The molecule has 5 nitrogen and oxygen atoms in total. The Bertz CT molecular complexity index is 823. The van der Waals surface area contributed by atoms with Crippen LogP contribution in [0.1, 0.15) is 12.0 Å². The van der Waals surface area contributed by atoms with Gasteiger partial charge in [0.2, 0.25) is 0 Å². The lowest BCUT2D eigenvalue weighted by molar-refractivity contribution is 0.259. The summed E-state index contributed by atoms with van der Waals surface area (Å²) < 4.78 is 0. The van der Waals surface area contributed by atoms with Gasteiger partial charge < -0.3 is 15.2 Å². The molecule has 2 aliphatic heterocycles. The molecule has 4 rings (SSSR count). The zero-order chi connectivity index (χ0) is 17.9. The van der Waals surface area contributed by atoms with Crippen molar-refractivity contribution in [1.29, 1.82) is 0 Å². The Morgan fingerprint density at radius 3 is 2.93 bits per heavy atom. The number of likely N-dealkylation sites (tertiary alicyclic amines) is 1. The number of fused-ring (bicyclic) bond motifs is 1. The molecule has 1 atom stereocenters. The molecule has 1 aromatic carbocycles. The fraction of sp³-hybridized carbons (Fsp3) is 0.450. The number of H-pyrrole nitrogens is 1. The molecule has 3 heterocycles. The molecule has 0 amide bonds. The minimum absolute atomic E-state index is 0. The van der Waals surface area contributed by atoms with Crippen molar-refractivity contribution in [2.24, 2.45) is 4.99 Å². The molecule has 2 aliphatic rings. The molecule has 27 heavy (non-hydrogen) atoms. The molecular formula is C20H27ClIN5. The number of hydrogen-bond donors (Lipinski definition) is 2. The molecule has 1 fully saturated rings. The predicted molar refractivity (Wildman–Crippen MR) is 124 cm³/mol. The Balaban J connectivity index is 0.00000210. The average molecular weight is 500 g/mol. The van der Waals surface area contributed by atoms with Crippen molar-refractivity contribution in [2.45, 2.75) is 18.9 Å². The molecular weight excluding hydrogens is 473 g/mol. The van der Waals surface area contributed by atoms with E-state index < -0.39 is 0 Å². The van der Waals surface area contributed by atoms with Crippen LogP contribution in [0, 0.1) is 0 Å². The third-order valence-electron chi connectivity index (χ3n) is 5.44. The van der Waals surface area contributed by atoms with Gasteiger partial charge in [-0.05, 0) is 36.6 Å². The Morgan fingerprint density at radius 2 is 2.15 bits per heavy atom. The molecule has 0 spiro atoms. The van der Waals surface area contributed by atoms with Crippen LogP contribution in [0.4, 0.5) is 0 Å². The first-order valence-corrected chi connectivity index (χ1v) is 9.72. The second-order valence-electron chi connectivity index (χ2n) is 7.04. The number of rotatable bonds is 4. The highest BCUT2D eigenvalue weighted by Crippen LogP contribution is 2.22. The quantitative estimate of drug-likeness (QED) is 0.293. The number of aromatic nitrogens is 1. The van der Waals surface area contributed by atoms with Gasteiger partial charge in [-0.1, -0.05) is 23.8 Å². The van der Waals surface area contributed by atoms with E-state index in [1.807, 2.05) is 25.2 Å². The predicted octanol–water partition coefficient (Wildman–Crippen LogP) is 3.50. The first-order valence-electron chi connectivity index (χ1n) is 9.35. The number of nitrogens with one attached hydrogen (secondary N) is 2. The molecule has 1 saturated heterocycles. The highest BCUT2D eigenvalue weighted by Gasteiger charge is 2.29. The van der Waals surface area contributed by atoms with E-state index in [4.69, 9.17) is 11.6 Å². The minimum atomic E-state index is 0. The van der Waals surface area contributed by atoms with Gasteiger partial charge in [0.05, 0.1) is 0 Å². The van der Waals surface area contributed by atoms with Crippen molar-refractivity contribution in [3.05, 3.63) is 47.1 Å². The highest BCUT2D eigenvalue weighted by molar-refractivity contribution is 14.0. The van der Waals surface area contributed by atoms with Crippen LogP contribution in [-0.4, -0.2) is 66.6 Å². The zero-order valence-electron chi connectivity index (χ0n) is 15.6. The Morgan fingerprint density at radius 1 is 1.33 bits per heavy atom. The first-order chi connectivity index (χ1) is 12.7. The van der Waals surface area contributed by atoms with Crippen LogP contribution in [0.25, 0.3) is 10.9 Å². The van der Waals surface area contributed by atoms with Crippen LogP contribution in [0.3, 0.4) is 0 Å². The van der Waals surface area contributed by atoms with Crippen molar-refractivity contribution in [1.82, 2.24) is 20.1 Å². The summed E-state index contributed by atoms with van der Waals surface area (Å²) in [5.41, 5.74) is 2.42. The number of guanidine groups is 1. The molecule has 7 heteroatoms. The van der Waals surface area contributed by atoms with Gasteiger partial charge in [0, 0.05) is 67.9 Å². The van der Waals surface area contributed by atoms with Gasteiger partial charge in [-0.2, -0.15) is 0 Å². The fourth-order valence-electron chi connectivity index (χ4n) is 4.02. The second-order valence-corrected chi connectivity index (χ2v) is 7.48. The number of aliphatic imine (C=N–C) groups is 1. The standard InChI is InChI=1S/C20H26ClN5.HI/c1-22-20(26-11-7-17(14-26)25-9-2-3-10-25)23-8-6-15-13-24-19-5-4-16(21)12-18(15)19;/h2-5,12-13,17,24H,6-11,14H2,1H3,(H,22,23);1H. The van der Waals surface area contributed by atoms with Crippen molar-refractivity contribution in [2.75, 3.05) is 39.8 Å². The molecule has 1 unspecified atom stereocenters.